The summed E-state index contributed by atoms with van der Waals surface area (Å²) in [6.45, 7) is 17.9. The summed E-state index contributed by atoms with van der Waals surface area (Å²) in [6.07, 6.45) is 14.2. The summed E-state index contributed by atoms with van der Waals surface area (Å²) in [5, 5.41) is 0. The van der Waals surface area contributed by atoms with Crippen molar-refractivity contribution in [3.05, 3.63) is 23.8 Å². The van der Waals surface area contributed by atoms with Crippen LogP contribution in [0.15, 0.2) is 23.8 Å². The Hall–Kier alpha value is -1.38. The lowest BCUT2D eigenvalue weighted by atomic mass is 9.41. The van der Waals surface area contributed by atoms with Gasteiger partial charge in [-0.15, -0.1) is 0 Å². The standard InChI is InChI=1S/C31H48O3/c1-19(2)20(3)9-10-21(4)25-13-14-26-27-12-11-23-17-24(34-22(5)32)15-16-30(23,7)31(27,8)28(33)18-29(25,26)6/h9-10,12,19-21,23-26H,11,13-18H2,1-8H3/b10-9+/t20-,21+,23-,24+,25-,26-,29-,30+,31+/m0/s1. The zero-order chi connectivity index (χ0) is 25.1. The van der Waals surface area contributed by atoms with Crippen molar-refractivity contribution in [1.29, 1.82) is 0 Å². The van der Waals surface area contributed by atoms with Crippen molar-refractivity contribution < 1.29 is 14.3 Å². The SMILES string of the molecule is CC(=O)O[C@@H]1CC[C@]2(C)[C@@H](CC=C3[C@@H]4CC[C@@H]([C@H](C)/C=C/[C@H](C)C(C)C)[C@]4(C)CC(=O)[C@@]32C)C1. The van der Waals surface area contributed by atoms with E-state index >= 15 is 0 Å². The van der Waals surface area contributed by atoms with Gasteiger partial charge in [-0.05, 0) is 91.8 Å². The maximum absolute atomic E-state index is 14.2. The Labute approximate surface area is 208 Å². The van der Waals surface area contributed by atoms with Gasteiger partial charge in [-0.3, -0.25) is 9.59 Å². The van der Waals surface area contributed by atoms with Gasteiger partial charge < -0.3 is 4.74 Å². The molecule has 0 aromatic heterocycles. The van der Waals surface area contributed by atoms with Crippen molar-refractivity contribution in [2.45, 2.75) is 106 Å². The molecule has 3 fully saturated rings. The molecule has 4 rings (SSSR count). The molecule has 34 heavy (non-hydrogen) atoms. The number of fused-ring (bicyclic) bond motifs is 5. The fourth-order valence-corrected chi connectivity index (χ4v) is 8.61. The van der Waals surface area contributed by atoms with E-state index in [2.05, 4.69) is 66.7 Å². The highest BCUT2D eigenvalue weighted by molar-refractivity contribution is 5.91. The minimum absolute atomic E-state index is 0.00909. The number of hydrogen-bond donors (Lipinski definition) is 0. The summed E-state index contributed by atoms with van der Waals surface area (Å²) < 4.78 is 5.61. The molecule has 3 nitrogen and oxygen atoms in total. The van der Waals surface area contributed by atoms with Crippen molar-refractivity contribution >= 4 is 11.8 Å². The van der Waals surface area contributed by atoms with Crippen molar-refractivity contribution in [3.8, 4) is 0 Å². The van der Waals surface area contributed by atoms with E-state index in [0.717, 1.165) is 25.7 Å². The van der Waals surface area contributed by atoms with E-state index in [1.54, 1.807) is 0 Å². The van der Waals surface area contributed by atoms with Crippen LogP contribution in [0.1, 0.15) is 100 Å². The molecule has 0 radical (unpaired) electrons. The number of ketones is 1. The minimum Gasteiger partial charge on any atom is -0.463 e. The average Bonchev–Trinajstić information content (AvgIpc) is 3.09. The summed E-state index contributed by atoms with van der Waals surface area (Å²) in [5.74, 6) is 3.52. The van der Waals surface area contributed by atoms with E-state index in [1.807, 2.05) is 0 Å². The predicted molar refractivity (Wildman–Crippen MR) is 138 cm³/mol. The van der Waals surface area contributed by atoms with Gasteiger partial charge in [0, 0.05) is 13.3 Å². The van der Waals surface area contributed by atoms with E-state index < -0.39 is 0 Å². The number of esters is 1. The summed E-state index contributed by atoms with van der Waals surface area (Å²) in [7, 11) is 0. The van der Waals surface area contributed by atoms with E-state index in [-0.39, 0.29) is 28.3 Å². The first-order valence-corrected chi connectivity index (χ1v) is 13.9. The molecule has 3 heteroatoms. The molecular formula is C31H48O3. The molecule has 190 valence electrons. The van der Waals surface area contributed by atoms with Crippen LogP contribution in [0.3, 0.4) is 0 Å². The Bertz CT molecular complexity index is 883. The highest BCUT2D eigenvalue weighted by atomic mass is 16.5. The highest BCUT2D eigenvalue weighted by Crippen LogP contribution is 2.70. The largest absolute Gasteiger partial charge is 0.463 e. The third kappa shape index (κ3) is 3.84. The Morgan fingerprint density at radius 2 is 1.79 bits per heavy atom. The van der Waals surface area contributed by atoms with Crippen LogP contribution in [0.2, 0.25) is 0 Å². The van der Waals surface area contributed by atoms with Gasteiger partial charge in [0.2, 0.25) is 0 Å². The number of hydrogen-bond acceptors (Lipinski definition) is 3. The zero-order valence-electron chi connectivity index (χ0n) is 22.9. The molecule has 4 aliphatic carbocycles. The molecule has 0 heterocycles. The second kappa shape index (κ2) is 8.93. The Morgan fingerprint density at radius 1 is 1.09 bits per heavy atom. The zero-order valence-corrected chi connectivity index (χ0v) is 22.9. The first kappa shape index (κ1) is 25.7. The third-order valence-corrected chi connectivity index (χ3v) is 11.4. The lowest BCUT2D eigenvalue weighted by Gasteiger charge is -2.62. The molecule has 0 aliphatic heterocycles. The first-order chi connectivity index (χ1) is 15.8. The highest BCUT2D eigenvalue weighted by Gasteiger charge is 2.66. The summed E-state index contributed by atoms with van der Waals surface area (Å²) in [5.41, 5.74) is 1.11. The Morgan fingerprint density at radius 3 is 2.44 bits per heavy atom. The smallest absolute Gasteiger partial charge is 0.302 e. The topological polar surface area (TPSA) is 43.4 Å². The number of carbonyl (C=O) groups is 2. The van der Waals surface area contributed by atoms with Crippen LogP contribution in [0.4, 0.5) is 0 Å². The number of allylic oxidation sites excluding steroid dienone is 4. The van der Waals surface area contributed by atoms with Gasteiger partial charge in [-0.25, -0.2) is 0 Å². The van der Waals surface area contributed by atoms with Gasteiger partial charge in [-0.2, -0.15) is 0 Å². The van der Waals surface area contributed by atoms with Gasteiger partial charge in [-0.1, -0.05) is 65.3 Å². The van der Waals surface area contributed by atoms with Crippen LogP contribution >= 0.6 is 0 Å². The van der Waals surface area contributed by atoms with Crippen molar-refractivity contribution in [3.63, 3.8) is 0 Å². The van der Waals surface area contributed by atoms with Crippen LogP contribution in [0.25, 0.3) is 0 Å². The Balaban J connectivity index is 1.61. The van der Waals surface area contributed by atoms with Crippen LogP contribution in [-0.4, -0.2) is 17.9 Å². The maximum Gasteiger partial charge on any atom is 0.302 e. The molecule has 4 aliphatic rings. The molecule has 0 saturated heterocycles. The van der Waals surface area contributed by atoms with Crippen LogP contribution in [-0.2, 0) is 14.3 Å². The molecule has 0 aromatic carbocycles. The lowest BCUT2D eigenvalue weighted by molar-refractivity contribution is -0.161. The third-order valence-electron chi connectivity index (χ3n) is 11.4. The quantitative estimate of drug-likeness (QED) is 0.309. The van der Waals surface area contributed by atoms with Gasteiger partial charge in [0.1, 0.15) is 11.9 Å². The predicted octanol–water partition coefficient (Wildman–Crippen LogP) is 7.55. The fraction of sp³-hybridized carbons (Fsp3) is 0.806. The number of carbonyl (C=O) groups excluding carboxylic acids is 2. The summed E-state index contributed by atoms with van der Waals surface area (Å²) in [6, 6.07) is 0. The number of Topliss-reactive ketones (excluding diaryl/α,β-unsaturated/α-hetero) is 1. The number of rotatable bonds is 5. The fourth-order valence-electron chi connectivity index (χ4n) is 8.61. The van der Waals surface area contributed by atoms with Gasteiger partial charge in [0.05, 0.1) is 5.41 Å². The van der Waals surface area contributed by atoms with E-state index in [4.69, 9.17) is 4.74 Å². The van der Waals surface area contributed by atoms with Gasteiger partial charge >= 0.3 is 5.97 Å². The first-order valence-electron chi connectivity index (χ1n) is 13.9. The van der Waals surface area contributed by atoms with E-state index in [1.165, 1.54) is 25.3 Å². The molecule has 0 bridgehead atoms. The van der Waals surface area contributed by atoms with Gasteiger partial charge in [0.25, 0.3) is 0 Å². The monoisotopic (exact) mass is 468 g/mol. The van der Waals surface area contributed by atoms with Crippen LogP contribution in [0.5, 0.6) is 0 Å². The molecule has 0 amide bonds. The minimum atomic E-state index is -0.374. The van der Waals surface area contributed by atoms with Crippen molar-refractivity contribution in [1.82, 2.24) is 0 Å². The van der Waals surface area contributed by atoms with Crippen LogP contribution in [0, 0.1) is 51.8 Å². The molecule has 0 aromatic rings. The average molecular weight is 469 g/mol. The molecule has 0 unspecified atom stereocenters. The molecule has 3 saturated carbocycles. The molecule has 0 N–H and O–H groups in total. The maximum atomic E-state index is 14.2. The molecular weight excluding hydrogens is 420 g/mol. The number of ether oxygens (including phenoxy) is 1. The van der Waals surface area contributed by atoms with E-state index in [9.17, 15) is 9.59 Å². The van der Waals surface area contributed by atoms with Crippen LogP contribution < -0.4 is 0 Å². The lowest BCUT2D eigenvalue weighted by Crippen LogP contribution is -2.60. The summed E-state index contributed by atoms with van der Waals surface area (Å²) in [4.78, 5) is 25.8. The molecule has 9 atom stereocenters. The second-order valence-electron chi connectivity index (χ2n) is 13.3. The van der Waals surface area contributed by atoms with Crippen molar-refractivity contribution in [2.75, 3.05) is 0 Å². The Kier molecular flexibility index (Phi) is 6.75. The van der Waals surface area contributed by atoms with Gasteiger partial charge in [0.15, 0.2) is 0 Å². The van der Waals surface area contributed by atoms with Crippen molar-refractivity contribution in [2.24, 2.45) is 51.8 Å². The van der Waals surface area contributed by atoms with E-state index in [0.29, 0.717) is 47.7 Å². The second-order valence-corrected chi connectivity index (χ2v) is 13.3. The molecule has 0 spiro atoms. The summed E-state index contributed by atoms with van der Waals surface area (Å²) >= 11 is 0. The normalized spacial score (nSPS) is 43.7.